The van der Waals surface area contributed by atoms with Crippen LogP contribution in [0.4, 0.5) is 0 Å². The molecular weight excluding hydrogens is 325 g/mol. The lowest BCUT2D eigenvalue weighted by Gasteiger charge is -2.19. The van der Waals surface area contributed by atoms with Gasteiger partial charge in [0.15, 0.2) is 0 Å². The Morgan fingerprint density at radius 1 is 1.05 bits per heavy atom. The van der Waals surface area contributed by atoms with Crippen LogP contribution in [0.2, 0.25) is 10.0 Å². The molecule has 114 valence electrons. The van der Waals surface area contributed by atoms with E-state index in [9.17, 15) is 0 Å². The summed E-state index contributed by atoms with van der Waals surface area (Å²) >= 11 is 13.6. The van der Waals surface area contributed by atoms with E-state index >= 15 is 0 Å². The van der Waals surface area contributed by atoms with Crippen LogP contribution < -0.4 is 10.1 Å². The number of hydrogen-bond donors (Lipinski definition) is 1. The van der Waals surface area contributed by atoms with Crippen molar-refractivity contribution in [1.29, 1.82) is 0 Å². The molecule has 0 aliphatic rings. The van der Waals surface area contributed by atoms with Crippen molar-refractivity contribution in [2.75, 3.05) is 0 Å². The van der Waals surface area contributed by atoms with Crippen LogP contribution in [0.15, 0.2) is 30.3 Å². The van der Waals surface area contributed by atoms with Crippen molar-refractivity contribution >= 4 is 34.5 Å². The summed E-state index contributed by atoms with van der Waals surface area (Å²) in [6.07, 6.45) is 0. The average molecular weight is 344 g/mol. The summed E-state index contributed by atoms with van der Waals surface area (Å²) in [4.78, 5) is 2.49. The van der Waals surface area contributed by atoms with Gasteiger partial charge < -0.3 is 10.1 Å². The van der Waals surface area contributed by atoms with Crippen LogP contribution in [0, 0.1) is 0 Å². The minimum absolute atomic E-state index is 0.126. The summed E-state index contributed by atoms with van der Waals surface area (Å²) in [5, 5.41) is 4.52. The molecule has 0 aliphatic heterocycles. The van der Waals surface area contributed by atoms with E-state index in [4.69, 9.17) is 27.9 Å². The predicted molar refractivity (Wildman–Crippen MR) is 91.7 cm³/mol. The summed E-state index contributed by atoms with van der Waals surface area (Å²) < 4.78 is 5.73. The molecule has 21 heavy (non-hydrogen) atoms. The van der Waals surface area contributed by atoms with E-state index < -0.39 is 0 Å². The molecule has 0 aliphatic carbocycles. The molecule has 0 bridgehead atoms. The van der Waals surface area contributed by atoms with Crippen molar-refractivity contribution in [3.63, 3.8) is 0 Å². The van der Waals surface area contributed by atoms with Gasteiger partial charge in [-0.25, -0.2) is 0 Å². The zero-order chi connectivity index (χ0) is 15.5. The zero-order valence-corrected chi connectivity index (χ0v) is 14.7. The second-order valence-corrected chi connectivity index (χ2v) is 7.90. The average Bonchev–Trinajstić information content (AvgIpc) is 2.85. The Bertz CT molecular complexity index is 605. The standard InChI is InChI=1S/C16H19Cl2NOS/c1-16(2,3)19-9-12-5-6-13(21-12)10-20-11-4-7-14(17)15(18)8-11/h4-8,19H,9-10H2,1-3H3. The molecular formula is C16H19Cl2NOS. The van der Waals surface area contributed by atoms with E-state index in [-0.39, 0.29) is 5.54 Å². The van der Waals surface area contributed by atoms with Crippen LogP contribution in [0.3, 0.4) is 0 Å². The Balaban J connectivity index is 1.89. The fraction of sp³-hybridized carbons (Fsp3) is 0.375. The largest absolute Gasteiger partial charge is 0.488 e. The maximum absolute atomic E-state index is 5.97. The fourth-order valence-corrected chi connectivity index (χ4v) is 2.83. The van der Waals surface area contributed by atoms with E-state index in [1.807, 2.05) is 6.07 Å². The third kappa shape index (κ3) is 5.51. The van der Waals surface area contributed by atoms with Gasteiger partial charge in [-0.1, -0.05) is 23.2 Å². The van der Waals surface area contributed by atoms with Gasteiger partial charge in [-0.15, -0.1) is 11.3 Å². The van der Waals surface area contributed by atoms with Gasteiger partial charge in [0.2, 0.25) is 0 Å². The highest BCUT2D eigenvalue weighted by Crippen LogP contribution is 2.27. The molecule has 0 atom stereocenters. The summed E-state index contributed by atoms with van der Waals surface area (Å²) in [5.41, 5.74) is 0.126. The van der Waals surface area contributed by atoms with Gasteiger partial charge >= 0.3 is 0 Å². The fourth-order valence-electron chi connectivity index (χ4n) is 1.67. The zero-order valence-electron chi connectivity index (χ0n) is 12.4. The predicted octanol–water partition coefficient (Wildman–Crippen LogP) is 5.52. The molecule has 2 nitrogen and oxygen atoms in total. The van der Waals surface area contributed by atoms with Crippen molar-refractivity contribution in [2.45, 2.75) is 39.5 Å². The lowest BCUT2D eigenvalue weighted by Crippen LogP contribution is -2.34. The van der Waals surface area contributed by atoms with Gasteiger partial charge in [0, 0.05) is 27.9 Å². The lowest BCUT2D eigenvalue weighted by atomic mass is 10.1. The quantitative estimate of drug-likeness (QED) is 0.771. The second kappa shape index (κ2) is 7.01. The number of ether oxygens (including phenoxy) is 1. The van der Waals surface area contributed by atoms with Crippen molar-refractivity contribution < 1.29 is 4.74 Å². The molecule has 0 amide bonds. The first kappa shape index (κ1) is 16.6. The number of nitrogens with one attached hydrogen (secondary N) is 1. The van der Waals surface area contributed by atoms with Gasteiger partial charge in [0.25, 0.3) is 0 Å². The first-order chi connectivity index (χ1) is 9.83. The molecule has 0 spiro atoms. The maximum Gasteiger partial charge on any atom is 0.122 e. The normalized spacial score (nSPS) is 11.7. The SMILES string of the molecule is CC(C)(C)NCc1ccc(COc2ccc(Cl)c(Cl)c2)s1. The van der Waals surface area contributed by atoms with Crippen LogP contribution in [0.5, 0.6) is 5.75 Å². The van der Waals surface area contributed by atoms with E-state index in [1.165, 1.54) is 9.75 Å². The molecule has 5 heteroatoms. The molecule has 2 aromatic rings. The first-order valence-corrected chi connectivity index (χ1v) is 8.31. The minimum Gasteiger partial charge on any atom is -0.488 e. The van der Waals surface area contributed by atoms with Gasteiger partial charge in [0.05, 0.1) is 10.0 Å². The second-order valence-electron chi connectivity index (χ2n) is 5.84. The topological polar surface area (TPSA) is 21.3 Å². The lowest BCUT2D eigenvalue weighted by molar-refractivity contribution is 0.310. The summed E-state index contributed by atoms with van der Waals surface area (Å²) in [7, 11) is 0. The van der Waals surface area contributed by atoms with Gasteiger partial charge in [-0.3, -0.25) is 0 Å². The van der Waals surface area contributed by atoms with Crippen molar-refractivity contribution in [2.24, 2.45) is 0 Å². The molecule has 0 saturated heterocycles. The highest BCUT2D eigenvalue weighted by atomic mass is 35.5. The smallest absolute Gasteiger partial charge is 0.122 e. The first-order valence-electron chi connectivity index (χ1n) is 6.74. The Morgan fingerprint density at radius 2 is 1.76 bits per heavy atom. The molecule has 0 saturated carbocycles. The third-order valence-electron chi connectivity index (χ3n) is 2.78. The molecule has 1 aromatic heterocycles. The minimum atomic E-state index is 0.126. The van der Waals surface area contributed by atoms with Crippen molar-refractivity contribution in [1.82, 2.24) is 5.32 Å². The summed E-state index contributed by atoms with van der Waals surface area (Å²) in [6, 6.07) is 9.54. The number of thiophene rings is 1. The van der Waals surface area contributed by atoms with Crippen molar-refractivity contribution in [3.8, 4) is 5.75 Å². The molecule has 1 N–H and O–H groups in total. The monoisotopic (exact) mass is 343 g/mol. The van der Waals surface area contributed by atoms with Crippen LogP contribution in [0.25, 0.3) is 0 Å². The van der Waals surface area contributed by atoms with Crippen LogP contribution >= 0.6 is 34.5 Å². The van der Waals surface area contributed by atoms with Gasteiger partial charge in [-0.05, 0) is 45.0 Å². The van der Waals surface area contributed by atoms with Crippen LogP contribution in [-0.4, -0.2) is 5.54 Å². The van der Waals surface area contributed by atoms with E-state index in [1.54, 1.807) is 23.5 Å². The van der Waals surface area contributed by atoms with Crippen LogP contribution in [0.1, 0.15) is 30.5 Å². The molecule has 1 aromatic carbocycles. The molecule has 0 fully saturated rings. The molecule has 0 unspecified atom stereocenters. The maximum atomic E-state index is 5.97. The molecule has 0 radical (unpaired) electrons. The number of rotatable bonds is 5. The highest BCUT2D eigenvalue weighted by Gasteiger charge is 2.09. The Hall–Kier alpha value is -0.740. The summed E-state index contributed by atoms with van der Waals surface area (Å²) in [5.74, 6) is 0.729. The van der Waals surface area contributed by atoms with E-state index in [0.717, 1.165) is 12.3 Å². The number of benzene rings is 1. The Labute approximate surface area is 140 Å². The third-order valence-corrected chi connectivity index (χ3v) is 4.58. The number of hydrogen-bond acceptors (Lipinski definition) is 3. The van der Waals surface area contributed by atoms with Crippen molar-refractivity contribution in [3.05, 3.63) is 50.1 Å². The van der Waals surface area contributed by atoms with Crippen LogP contribution in [-0.2, 0) is 13.2 Å². The summed E-state index contributed by atoms with van der Waals surface area (Å²) in [6.45, 7) is 7.90. The highest BCUT2D eigenvalue weighted by molar-refractivity contribution is 7.11. The Morgan fingerprint density at radius 3 is 2.43 bits per heavy atom. The molecule has 1 heterocycles. The van der Waals surface area contributed by atoms with E-state index in [0.29, 0.717) is 16.7 Å². The van der Waals surface area contributed by atoms with E-state index in [2.05, 4.69) is 38.2 Å². The van der Waals surface area contributed by atoms with Gasteiger partial charge in [0.1, 0.15) is 12.4 Å². The Kier molecular flexibility index (Phi) is 5.55. The number of halogens is 2. The molecule has 2 rings (SSSR count). The van der Waals surface area contributed by atoms with Gasteiger partial charge in [-0.2, -0.15) is 0 Å².